The van der Waals surface area contributed by atoms with E-state index < -0.39 is 0 Å². The highest BCUT2D eigenvalue weighted by Crippen LogP contribution is 2.23. The summed E-state index contributed by atoms with van der Waals surface area (Å²) in [4.78, 5) is 2.39. The zero-order valence-corrected chi connectivity index (χ0v) is 11.4. The van der Waals surface area contributed by atoms with Gasteiger partial charge < -0.3 is 5.11 Å². The number of nitriles is 1. The molecule has 0 saturated heterocycles. The maximum Gasteiger partial charge on any atom is 0.0991 e. The maximum atomic E-state index is 9.24. The summed E-state index contributed by atoms with van der Waals surface area (Å²) in [5, 5.41) is 18.0. The van der Waals surface area contributed by atoms with E-state index in [0.717, 1.165) is 13.1 Å². The van der Waals surface area contributed by atoms with Crippen LogP contribution in [-0.2, 0) is 6.54 Å². The molecule has 0 spiro atoms. The van der Waals surface area contributed by atoms with Gasteiger partial charge in [0.05, 0.1) is 18.2 Å². The number of nitrogens with zero attached hydrogens (tertiary/aromatic N) is 2. The van der Waals surface area contributed by atoms with Crippen molar-refractivity contribution in [1.82, 2.24) is 4.90 Å². The Balaban J connectivity index is 2.00. The highest BCUT2D eigenvalue weighted by Gasteiger charge is 2.20. The molecule has 102 valence electrons. The predicted octanol–water partition coefficient (Wildman–Crippen LogP) is 2.69. The molecule has 1 aliphatic rings. The number of hydrogen-bond donors (Lipinski definition) is 1. The van der Waals surface area contributed by atoms with Crippen LogP contribution in [0.5, 0.6) is 0 Å². The zero-order chi connectivity index (χ0) is 13.5. The average Bonchev–Trinajstić information content (AvgIpc) is 2.48. The molecule has 3 heteroatoms. The summed E-state index contributed by atoms with van der Waals surface area (Å²) in [6.45, 7) is 1.83. The van der Waals surface area contributed by atoms with Crippen LogP contribution in [0, 0.1) is 11.3 Å². The molecule has 0 aliphatic heterocycles. The van der Waals surface area contributed by atoms with Gasteiger partial charge in [-0.15, -0.1) is 0 Å². The largest absolute Gasteiger partial charge is 0.395 e. The molecule has 0 unspecified atom stereocenters. The molecule has 0 atom stereocenters. The Morgan fingerprint density at radius 2 is 1.84 bits per heavy atom. The quantitative estimate of drug-likeness (QED) is 0.883. The zero-order valence-electron chi connectivity index (χ0n) is 11.4. The van der Waals surface area contributed by atoms with Crippen molar-refractivity contribution in [3.8, 4) is 6.07 Å². The summed E-state index contributed by atoms with van der Waals surface area (Å²) in [5.74, 6) is 0. The van der Waals surface area contributed by atoms with E-state index >= 15 is 0 Å². The molecular weight excluding hydrogens is 236 g/mol. The molecule has 1 aliphatic carbocycles. The number of aliphatic hydroxyl groups is 1. The van der Waals surface area contributed by atoms with Crippen LogP contribution in [0.4, 0.5) is 0 Å². The van der Waals surface area contributed by atoms with Crippen LogP contribution in [-0.4, -0.2) is 29.2 Å². The van der Waals surface area contributed by atoms with Crippen molar-refractivity contribution in [3.05, 3.63) is 35.4 Å². The van der Waals surface area contributed by atoms with E-state index in [0.29, 0.717) is 11.6 Å². The summed E-state index contributed by atoms with van der Waals surface area (Å²) < 4.78 is 0. The van der Waals surface area contributed by atoms with E-state index in [1.54, 1.807) is 0 Å². The van der Waals surface area contributed by atoms with Crippen molar-refractivity contribution >= 4 is 0 Å². The monoisotopic (exact) mass is 258 g/mol. The third-order valence-corrected chi connectivity index (χ3v) is 3.95. The van der Waals surface area contributed by atoms with E-state index in [1.165, 1.54) is 37.7 Å². The summed E-state index contributed by atoms with van der Waals surface area (Å²) >= 11 is 0. The van der Waals surface area contributed by atoms with Gasteiger partial charge in [-0.2, -0.15) is 5.26 Å². The second-order valence-corrected chi connectivity index (χ2v) is 5.29. The van der Waals surface area contributed by atoms with Crippen LogP contribution in [0.2, 0.25) is 0 Å². The van der Waals surface area contributed by atoms with Gasteiger partial charge in [-0.1, -0.05) is 31.4 Å². The van der Waals surface area contributed by atoms with E-state index in [4.69, 9.17) is 5.26 Å². The van der Waals surface area contributed by atoms with Gasteiger partial charge in [0.15, 0.2) is 0 Å². The lowest BCUT2D eigenvalue weighted by atomic mass is 9.94. The van der Waals surface area contributed by atoms with Crippen LogP contribution in [0.25, 0.3) is 0 Å². The summed E-state index contributed by atoms with van der Waals surface area (Å²) in [7, 11) is 0. The molecule has 1 aromatic carbocycles. The molecule has 0 bridgehead atoms. The highest BCUT2D eigenvalue weighted by atomic mass is 16.3. The minimum absolute atomic E-state index is 0.215. The molecule has 0 aromatic heterocycles. The predicted molar refractivity (Wildman–Crippen MR) is 75.5 cm³/mol. The standard InChI is InChI=1S/C16H22N2O/c17-12-14-6-8-15(9-7-14)13-18(10-11-19)16-4-2-1-3-5-16/h6-9,16,19H,1-5,10-11,13H2. The molecule has 0 radical (unpaired) electrons. The summed E-state index contributed by atoms with van der Waals surface area (Å²) in [5.41, 5.74) is 1.92. The Morgan fingerprint density at radius 1 is 1.16 bits per heavy atom. The van der Waals surface area contributed by atoms with Crippen LogP contribution < -0.4 is 0 Å². The van der Waals surface area contributed by atoms with Crippen LogP contribution in [0.3, 0.4) is 0 Å². The Labute approximate surface area is 115 Å². The maximum absolute atomic E-state index is 9.24. The highest BCUT2D eigenvalue weighted by molar-refractivity contribution is 5.31. The van der Waals surface area contributed by atoms with Crippen molar-refractivity contribution in [3.63, 3.8) is 0 Å². The molecule has 1 saturated carbocycles. The van der Waals surface area contributed by atoms with Crippen molar-refractivity contribution in [2.75, 3.05) is 13.2 Å². The fourth-order valence-electron chi connectivity index (χ4n) is 2.88. The third-order valence-electron chi connectivity index (χ3n) is 3.95. The van der Waals surface area contributed by atoms with Crippen LogP contribution >= 0.6 is 0 Å². The van der Waals surface area contributed by atoms with Gasteiger partial charge in [0.25, 0.3) is 0 Å². The van der Waals surface area contributed by atoms with E-state index in [2.05, 4.69) is 11.0 Å². The lowest BCUT2D eigenvalue weighted by Crippen LogP contribution is -2.38. The second-order valence-electron chi connectivity index (χ2n) is 5.29. The molecule has 2 rings (SSSR count). The molecule has 0 amide bonds. The van der Waals surface area contributed by atoms with Gasteiger partial charge >= 0.3 is 0 Å². The summed E-state index contributed by atoms with van der Waals surface area (Å²) in [6.07, 6.45) is 6.45. The third kappa shape index (κ3) is 4.05. The molecule has 19 heavy (non-hydrogen) atoms. The second kappa shape index (κ2) is 7.28. The number of aliphatic hydroxyl groups excluding tert-OH is 1. The summed E-state index contributed by atoms with van der Waals surface area (Å²) in [6, 6.07) is 10.5. The normalized spacial score (nSPS) is 16.5. The first kappa shape index (κ1) is 14.0. The fourth-order valence-corrected chi connectivity index (χ4v) is 2.88. The Bertz CT molecular complexity index is 415. The number of hydrogen-bond acceptors (Lipinski definition) is 3. The fraction of sp³-hybridized carbons (Fsp3) is 0.562. The van der Waals surface area contributed by atoms with Crippen molar-refractivity contribution < 1.29 is 5.11 Å². The van der Waals surface area contributed by atoms with Crippen LogP contribution in [0.1, 0.15) is 43.2 Å². The first-order valence-electron chi connectivity index (χ1n) is 7.17. The molecule has 1 N–H and O–H groups in total. The van der Waals surface area contributed by atoms with Gasteiger partial charge in [-0.05, 0) is 30.5 Å². The van der Waals surface area contributed by atoms with Gasteiger partial charge in [-0.3, -0.25) is 4.90 Å². The SMILES string of the molecule is N#Cc1ccc(CN(CCO)C2CCCCC2)cc1. The molecule has 3 nitrogen and oxygen atoms in total. The van der Waals surface area contributed by atoms with Crippen LogP contribution in [0.15, 0.2) is 24.3 Å². The topological polar surface area (TPSA) is 47.3 Å². The van der Waals surface area contributed by atoms with Gasteiger partial charge in [-0.25, -0.2) is 0 Å². The van der Waals surface area contributed by atoms with E-state index in [-0.39, 0.29) is 6.61 Å². The Hall–Kier alpha value is -1.37. The lowest BCUT2D eigenvalue weighted by Gasteiger charge is -2.34. The van der Waals surface area contributed by atoms with E-state index in [9.17, 15) is 5.11 Å². The molecule has 1 aromatic rings. The van der Waals surface area contributed by atoms with Crippen molar-refractivity contribution in [2.24, 2.45) is 0 Å². The molecular formula is C16H22N2O. The lowest BCUT2D eigenvalue weighted by molar-refractivity contribution is 0.117. The number of rotatable bonds is 5. The number of benzene rings is 1. The molecule has 1 fully saturated rings. The Morgan fingerprint density at radius 3 is 2.42 bits per heavy atom. The van der Waals surface area contributed by atoms with Crippen molar-refractivity contribution in [2.45, 2.75) is 44.7 Å². The van der Waals surface area contributed by atoms with Gasteiger partial charge in [0.1, 0.15) is 0 Å². The van der Waals surface area contributed by atoms with E-state index in [1.807, 2.05) is 24.3 Å². The van der Waals surface area contributed by atoms with Crippen molar-refractivity contribution in [1.29, 1.82) is 5.26 Å². The first-order valence-corrected chi connectivity index (χ1v) is 7.17. The average molecular weight is 258 g/mol. The molecule has 0 heterocycles. The van der Waals surface area contributed by atoms with Gasteiger partial charge in [0.2, 0.25) is 0 Å². The first-order chi connectivity index (χ1) is 9.33. The minimum atomic E-state index is 0.215. The van der Waals surface area contributed by atoms with Gasteiger partial charge in [0, 0.05) is 19.1 Å². The smallest absolute Gasteiger partial charge is 0.0991 e. The Kier molecular flexibility index (Phi) is 5.38. The minimum Gasteiger partial charge on any atom is -0.395 e.